The average Bonchev–Trinajstić information content (AvgIpc) is 2.78. The SMILES string of the molecule is Cc1oc2c(C)c3oc(=O)cc(C)c3cc2c1COCCO. The fraction of sp³-hybridized carbons (Fsp3) is 0.353. The highest BCUT2D eigenvalue weighted by atomic mass is 16.5. The molecule has 0 aliphatic heterocycles. The summed E-state index contributed by atoms with van der Waals surface area (Å²) in [5, 5.41) is 10.7. The van der Waals surface area contributed by atoms with E-state index < -0.39 is 0 Å². The van der Waals surface area contributed by atoms with Gasteiger partial charge < -0.3 is 18.7 Å². The summed E-state index contributed by atoms with van der Waals surface area (Å²) in [6, 6.07) is 3.46. The molecular weight excluding hydrogens is 284 g/mol. The van der Waals surface area contributed by atoms with Crippen molar-refractivity contribution in [1.82, 2.24) is 0 Å². The Hall–Kier alpha value is -2.11. The van der Waals surface area contributed by atoms with Gasteiger partial charge in [0.1, 0.15) is 16.9 Å². The van der Waals surface area contributed by atoms with Crippen molar-refractivity contribution in [3.63, 3.8) is 0 Å². The number of hydrogen-bond donors (Lipinski definition) is 1. The van der Waals surface area contributed by atoms with Crippen LogP contribution in [0.25, 0.3) is 21.9 Å². The Morgan fingerprint density at radius 2 is 1.82 bits per heavy atom. The molecule has 0 aliphatic carbocycles. The first-order chi connectivity index (χ1) is 10.5. The van der Waals surface area contributed by atoms with E-state index in [1.807, 2.05) is 26.8 Å². The van der Waals surface area contributed by atoms with Gasteiger partial charge in [0.25, 0.3) is 0 Å². The van der Waals surface area contributed by atoms with E-state index in [1.54, 1.807) is 0 Å². The summed E-state index contributed by atoms with van der Waals surface area (Å²) < 4.78 is 16.6. The summed E-state index contributed by atoms with van der Waals surface area (Å²) in [7, 11) is 0. The van der Waals surface area contributed by atoms with Crippen molar-refractivity contribution < 1.29 is 18.7 Å². The molecule has 1 N–H and O–H groups in total. The van der Waals surface area contributed by atoms with E-state index in [2.05, 4.69) is 0 Å². The first-order valence-electron chi connectivity index (χ1n) is 7.17. The highest BCUT2D eigenvalue weighted by Gasteiger charge is 2.17. The van der Waals surface area contributed by atoms with Crippen LogP contribution in [0.3, 0.4) is 0 Å². The van der Waals surface area contributed by atoms with Crippen molar-refractivity contribution in [3.8, 4) is 0 Å². The molecule has 3 aromatic rings. The Morgan fingerprint density at radius 1 is 1.09 bits per heavy atom. The Balaban J connectivity index is 2.28. The molecule has 22 heavy (non-hydrogen) atoms. The van der Waals surface area contributed by atoms with Gasteiger partial charge in [-0.25, -0.2) is 4.79 Å². The van der Waals surface area contributed by atoms with E-state index in [4.69, 9.17) is 18.7 Å². The van der Waals surface area contributed by atoms with Crippen molar-refractivity contribution in [2.75, 3.05) is 13.2 Å². The number of hydrogen-bond acceptors (Lipinski definition) is 5. The first kappa shape index (κ1) is 14.8. The number of benzene rings is 1. The number of aliphatic hydroxyl groups excluding tert-OH is 1. The third kappa shape index (κ3) is 2.32. The minimum Gasteiger partial charge on any atom is -0.461 e. The summed E-state index contributed by atoms with van der Waals surface area (Å²) >= 11 is 0. The van der Waals surface area contributed by atoms with Crippen LogP contribution in [-0.4, -0.2) is 18.3 Å². The third-order valence-electron chi connectivity index (χ3n) is 3.91. The van der Waals surface area contributed by atoms with Gasteiger partial charge in [-0.3, -0.25) is 0 Å². The highest BCUT2D eigenvalue weighted by molar-refractivity contribution is 5.99. The minimum atomic E-state index is -0.359. The molecule has 5 nitrogen and oxygen atoms in total. The molecule has 1 aromatic carbocycles. The maximum Gasteiger partial charge on any atom is 0.336 e. The van der Waals surface area contributed by atoms with E-state index >= 15 is 0 Å². The van der Waals surface area contributed by atoms with Crippen LogP contribution < -0.4 is 5.63 Å². The Bertz CT molecular complexity index is 901. The van der Waals surface area contributed by atoms with Crippen molar-refractivity contribution in [2.24, 2.45) is 0 Å². The third-order valence-corrected chi connectivity index (χ3v) is 3.91. The number of aliphatic hydroxyl groups is 1. The molecule has 0 saturated carbocycles. The van der Waals surface area contributed by atoms with Gasteiger partial charge in [0, 0.05) is 28.0 Å². The second kappa shape index (κ2) is 5.59. The van der Waals surface area contributed by atoms with E-state index in [1.165, 1.54) is 6.07 Å². The normalized spacial score (nSPS) is 11.6. The topological polar surface area (TPSA) is 72.8 Å². The smallest absolute Gasteiger partial charge is 0.336 e. The van der Waals surface area contributed by atoms with Crippen LogP contribution in [0, 0.1) is 20.8 Å². The summed E-state index contributed by atoms with van der Waals surface area (Å²) in [4.78, 5) is 11.6. The van der Waals surface area contributed by atoms with Gasteiger partial charge in [-0.05, 0) is 32.4 Å². The second-order valence-corrected chi connectivity index (χ2v) is 5.42. The summed E-state index contributed by atoms with van der Waals surface area (Å²) in [6.07, 6.45) is 0. The standard InChI is InChI=1S/C17H18O5/c1-9-6-15(19)22-16-10(2)17-13(7-12(9)16)14(11(3)21-17)8-20-5-4-18/h6-7,18H,4-5,8H2,1-3H3. The van der Waals surface area contributed by atoms with Crippen LogP contribution in [0.2, 0.25) is 0 Å². The van der Waals surface area contributed by atoms with Gasteiger partial charge in [-0.2, -0.15) is 0 Å². The predicted molar refractivity (Wildman–Crippen MR) is 83.2 cm³/mol. The van der Waals surface area contributed by atoms with Gasteiger partial charge in [0.05, 0.1) is 19.8 Å². The second-order valence-electron chi connectivity index (χ2n) is 5.42. The lowest BCUT2D eigenvalue weighted by atomic mass is 10.0. The van der Waals surface area contributed by atoms with Crippen molar-refractivity contribution >= 4 is 21.9 Å². The molecule has 0 radical (unpaired) electrons. The lowest BCUT2D eigenvalue weighted by Gasteiger charge is -2.05. The van der Waals surface area contributed by atoms with E-state index in [-0.39, 0.29) is 18.8 Å². The van der Waals surface area contributed by atoms with Crippen LogP contribution in [0.5, 0.6) is 0 Å². The first-order valence-corrected chi connectivity index (χ1v) is 7.17. The molecule has 0 spiro atoms. The van der Waals surface area contributed by atoms with Gasteiger partial charge in [-0.1, -0.05) is 0 Å². The van der Waals surface area contributed by atoms with Crippen LogP contribution >= 0.6 is 0 Å². The molecule has 3 rings (SSSR count). The molecule has 0 bridgehead atoms. The zero-order valence-electron chi connectivity index (χ0n) is 12.9. The monoisotopic (exact) mass is 302 g/mol. The molecule has 0 aliphatic rings. The summed E-state index contributed by atoms with van der Waals surface area (Å²) in [6.45, 7) is 6.30. The van der Waals surface area contributed by atoms with Crippen molar-refractivity contribution in [1.29, 1.82) is 0 Å². The predicted octanol–water partition coefficient (Wildman–Crippen LogP) is 2.97. The maximum atomic E-state index is 11.6. The molecule has 2 heterocycles. The molecule has 0 saturated heterocycles. The van der Waals surface area contributed by atoms with Gasteiger partial charge in [0.2, 0.25) is 0 Å². The van der Waals surface area contributed by atoms with Crippen LogP contribution in [0.4, 0.5) is 0 Å². The van der Waals surface area contributed by atoms with Crippen LogP contribution in [-0.2, 0) is 11.3 Å². The largest absolute Gasteiger partial charge is 0.461 e. The molecule has 116 valence electrons. The Labute approximate surface area is 127 Å². The zero-order chi connectivity index (χ0) is 15.9. The maximum absolute atomic E-state index is 11.6. The average molecular weight is 302 g/mol. The fourth-order valence-corrected chi connectivity index (χ4v) is 2.77. The van der Waals surface area contributed by atoms with E-state index in [9.17, 15) is 4.79 Å². The highest BCUT2D eigenvalue weighted by Crippen LogP contribution is 2.34. The van der Waals surface area contributed by atoms with Gasteiger partial charge in [-0.15, -0.1) is 0 Å². The number of rotatable bonds is 4. The lowest BCUT2D eigenvalue weighted by Crippen LogP contribution is -2.00. The molecule has 0 amide bonds. The van der Waals surface area contributed by atoms with E-state index in [0.29, 0.717) is 17.8 Å². The molecule has 0 fully saturated rings. The zero-order valence-corrected chi connectivity index (χ0v) is 12.9. The van der Waals surface area contributed by atoms with Gasteiger partial charge >= 0.3 is 5.63 Å². The van der Waals surface area contributed by atoms with Crippen molar-refractivity contribution in [2.45, 2.75) is 27.4 Å². The molecule has 5 heteroatoms. The lowest BCUT2D eigenvalue weighted by molar-refractivity contribution is 0.0814. The van der Waals surface area contributed by atoms with Gasteiger partial charge in [0.15, 0.2) is 0 Å². The molecule has 2 aromatic heterocycles. The number of aryl methyl sites for hydroxylation is 3. The Morgan fingerprint density at radius 3 is 2.55 bits per heavy atom. The number of ether oxygens (including phenoxy) is 1. The van der Waals surface area contributed by atoms with Crippen LogP contribution in [0.15, 0.2) is 25.8 Å². The van der Waals surface area contributed by atoms with E-state index in [0.717, 1.165) is 33.2 Å². The quantitative estimate of drug-likeness (QED) is 0.592. The van der Waals surface area contributed by atoms with Crippen molar-refractivity contribution in [3.05, 3.63) is 45.0 Å². The number of fused-ring (bicyclic) bond motifs is 2. The van der Waals surface area contributed by atoms with Crippen LogP contribution in [0.1, 0.15) is 22.5 Å². The molecule has 0 atom stereocenters. The number of furan rings is 1. The minimum absolute atomic E-state index is 0.0128. The summed E-state index contributed by atoms with van der Waals surface area (Å²) in [5.74, 6) is 0.770. The molecule has 0 unspecified atom stereocenters. The Kier molecular flexibility index (Phi) is 3.76. The fourth-order valence-electron chi connectivity index (χ4n) is 2.77. The molecular formula is C17H18O5. The summed E-state index contributed by atoms with van der Waals surface area (Å²) in [5.41, 5.74) is 3.55.